The number of carbonyl (C=O) groups excluding carboxylic acids is 2. The molecular weight excluding hydrogens is 462 g/mol. The van der Waals surface area contributed by atoms with E-state index >= 15 is 0 Å². The molecule has 0 aliphatic carbocycles. The Morgan fingerprint density at radius 1 is 1.06 bits per heavy atom. The first kappa shape index (κ1) is 24.4. The Labute approximate surface area is 185 Å². The zero-order valence-corrected chi connectivity index (χ0v) is 17.7. The van der Waals surface area contributed by atoms with Crippen LogP contribution in [0.15, 0.2) is 36.4 Å². The molecule has 0 aliphatic heterocycles. The topological polar surface area (TPSA) is 73.9 Å². The van der Waals surface area contributed by atoms with Crippen molar-refractivity contribution in [2.75, 3.05) is 26.1 Å². The summed E-state index contributed by atoms with van der Waals surface area (Å²) in [5, 5.41) is 2.32. The van der Waals surface area contributed by atoms with Crippen LogP contribution in [0.1, 0.15) is 11.1 Å². The highest BCUT2D eigenvalue weighted by molar-refractivity contribution is 6.33. The standard InChI is InChI=1S/C20H16Cl2F3NO5/c1-29-16-8-11(7-14(22)19(16)30-2)3-6-18(28)31-10-17(27)26-15-9-12(20(23,24)25)4-5-13(15)21/h3-9H,10H2,1-2H3,(H,26,27)/b6-3+. The maximum Gasteiger partial charge on any atom is 0.416 e. The van der Waals surface area contributed by atoms with Gasteiger partial charge in [0.1, 0.15) is 0 Å². The van der Waals surface area contributed by atoms with Crippen molar-refractivity contribution in [2.45, 2.75) is 6.18 Å². The molecular formula is C20H16Cl2F3NO5. The number of ether oxygens (including phenoxy) is 3. The monoisotopic (exact) mass is 477 g/mol. The lowest BCUT2D eigenvalue weighted by Gasteiger charge is -2.11. The third-order valence-electron chi connectivity index (χ3n) is 3.78. The summed E-state index contributed by atoms with van der Waals surface area (Å²) in [5.41, 5.74) is -0.742. The molecule has 2 aromatic carbocycles. The Balaban J connectivity index is 1.98. The fraction of sp³-hybridized carbons (Fsp3) is 0.200. The van der Waals surface area contributed by atoms with Crippen molar-refractivity contribution in [1.29, 1.82) is 0 Å². The van der Waals surface area contributed by atoms with E-state index < -0.39 is 30.2 Å². The Morgan fingerprint density at radius 2 is 1.77 bits per heavy atom. The van der Waals surface area contributed by atoms with E-state index in [0.29, 0.717) is 23.1 Å². The number of rotatable bonds is 7. The second kappa shape index (κ2) is 10.4. The Hall–Kier alpha value is -2.91. The number of halogens is 5. The largest absolute Gasteiger partial charge is 0.493 e. The highest BCUT2D eigenvalue weighted by Gasteiger charge is 2.31. The Bertz CT molecular complexity index is 1010. The predicted molar refractivity (Wildman–Crippen MR) is 110 cm³/mol. The van der Waals surface area contributed by atoms with Crippen molar-refractivity contribution >= 4 is 46.8 Å². The van der Waals surface area contributed by atoms with E-state index in [9.17, 15) is 22.8 Å². The maximum atomic E-state index is 12.8. The van der Waals surface area contributed by atoms with Gasteiger partial charge in [0.05, 0.1) is 35.5 Å². The van der Waals surface area contributed by atoms with Crippen LogP contribution in [0.3, 0.4) is 0 Å². The number of alkyl halides is 3. The minimum absolute atomic E-state index is 0.0992. The van der Waals surface area contributed by atoms with E-state index in [0.717, 1.165) is 18.2 Å². The van der Waals surface area contributed by atoms with Crippen LogP contribution in [0.2, 0.25) is 10.0 Å². The van der Waals surface area contributed by atoms with Crippen LogP contribution in [0.4, 0.5) is 18.9 Å². The summed E-state index contributed by atoms with van der Waals surface area (Å²) in [4.78, 5) is 23.7. The van der Waals surface area contributed by atoms with Gasteiger partial charge in [-0.3, -0.25) is 4.79 Å². The van der Waals surface area contributed by atoms with Crippen LogP contribution in [0, 0.1) is 0 Å². The van der Waals surface area contributed by atoms with Gasteiger partial charge >= 0.3 is 12.1 Å². The predicted octanol–water partition coefficient (Wildman–Crippen LogP) is 5.22. The van der Waals surface area contributed by atoms with Crippen LogP contribution >= 0.6 is 23.2 Å². The lowest BCUT2D eigenvalue weighted by atomic mass is 10.2. The molecule has 6 nitrogen and oxygen atoms in total. The number of carbonyl (C=O) groups is 2. The second-order valence-electron chi connectivity index (χ2n) is 5.92. The first-order valence-corrected chi connectivity index (χ1v) is 9.23. The first-order valence-electron chi connectivity index (χ1n) is 8.48. The SMILES string of the molecule is COc1cc(/C=C/C(=O)OCC(=O)Nc2cc(C(F)(F)F)ccc2Cl)cc(Cl)c1OC. The van der Waals surface area contributed by atoms with Gasteiger partial charge in [-0.05, 0) is 42.0 Å². The molecule has 166 valence electrons. The molecule has 1 amide bonds. The summed E-state index contributed by atoms with van der Waals surface area (Å²) >= 11 is 11.9. The van der Waals surface area contributed by atoms with Gasteiger partial charge in [0.2, 0.25) is 0 Å². The zero-order valence-electron chi connectivity index (χ0n) is 16.2. The zero-order chi connectivity index (χ0) is 23.2. The average Bonchev–Trinajstić information content (AvgIpc) is 2.71. The fourth-order valence-corrected chi connectivity index (χ4v) is 2.83. The number of anilines is 1. The Kier molecular flexibility index (Phi) is 8.18. The maximum absolute atomic E-state index is 12.8. The Morgan fingerprint density at radius 3 is 2.39 bits per heavy atom. The molecule has 31 heavy (non-hydrogen) atoms. The number of methoxy groups -OCH3 is 2. The summed E-state index contributed by atoms with van der Waals surface area (Å²) in [6, 6.07) is 5.56. The van der Waals surface area contributed by atoms with E-state index in [4.69, 9.17) is 37.4 Å². The molecule has 0 saturated heterocycles. The molecule has 0 spiro atoms. The van der Waals surface area contributed by atoms with Crippen molar-refractivity contribution in [3.8, 4) is 11.5 Å². The van der Waals surface area contributed by atoms with Crippen molar-refractivity contribution in [3.05, 3.63) is 57.6 Å². The van der Waals surface area contributed by atoms with Crippen LogP contribution in [-0.4, -0.2) is 32.7 Å². The minimum Gasteiger partial charge on any atom is -0.493 e. The highest BCUT2D eigenvalue weighted by atomic mass is 35.5. The number of hydrogen-bond donors (Lipinski definition) is 1. The number of hydrogen-bond acceptors (Lipinski definition) is 5. The summed E-state index contributed by atoms with van der Waals surface area (Å²) < 4.78 is 53.4. The minimum atomic E-state index is -4.60. The summed E-state index contributed by atoms with van der Waals surface area (Å²) in [7, 11) is 2.85. The van der Waals surface area contributed by atoms with E-state index in [-0.39, 0.29) is 15.7 Å². The molecule has 0 aromatic heterocycles. The molecule has 0 radical (unpaired) electrons. The van der Waals surface area contributed by atoms with Crippen molar-refractivity contribution in [3.63, 3.8) is 0 Å². The van der Waals surface area contributed by atoms with Gasteiger partial charge in [-0.25, -0.2) is 4.79 Å². The summed E-state index contributed by atoms with van der Waals surface area (Å²) in [5.74, 6) is -1.05. The van der Waals surface area contributed by atoms with Crippen LogP contribution in [0.25, 0.3) is 6.08 Å². The molecule has 0 unspecified atom stereocenters. The van der Waals surface area contributed by atoms with Gasteiger partial charge in [0, 0.05) is 6.08 Å². The van der Waals surface area contributed by atoms with E-state index in [1.165, 1.54) is 26.4 Å². The lowest BCUT2D eigenvalue weighted by Crippen LogP contribution is -2.20. The molecule has 0 atom stereocenters. The van der Waals surface area contributed by atoms with Gasteiger partial charge in [-0.15, -0.1) is 0 Å². The molecule has 11 heteroatoms. The molecule has 0 heterocycles. The van der Waals surface area contributed by atoms with Crippen molar-refractivity contribution in [2.24, 2.45) is 0 Å². The van der Waals surface area contributed by atoms with Crippen LogP contribution in [-0.2, 0) is 20.5 Å². The van der Waals surface area contributed by atoms with E-state index in [2.05, 4.69) is 5.32 Å². The quantitative estimate of drug-likeness (QED) is 0.436. The number of amides is 1. The molecule has 2 aromatic rings. The van der Waals surface area contributed by atoms with Gasteiger partial charge in [0.15, 0.2) is 18.1 Å². The van der Waals surface area contributed by atoms with Crippen molar-refractivity contribution in [1.82, 2.24) is 0 Å². The van der Waals surface area contributed by atoms with Crippen LogP contribution in [0.5, 0.6) is 11.5 Å². The summed E-state index contributed by atoms with van der Waals surface area (Å²) in [6.45, 7) is -0.734. The van der Waals surface area contributed by atoms with Gasteiger partial charge in [-0.2, -0.15) is 13.2 Å². The van der Waals surface area contributed by atoms with Crippen LogP contribution < -0.4 is 14.8 Å². The first-order chi connectivity index (χ1) is 14.5. The molecule has 0 aliphatic rings. The molecule has 2 rings (SSSR count). The third kappa shape index (κ3) is 6.80. The molecule has 0 bridgehead atoms. The number of nitrogens with one attached hydrogen (secondary N) is 1. The molecule has 1 N–H and O–H groups in total. The smallest absolute Gasteiger partial charge is 0.416 e. The molecule has 0 saturated carbocycles. The normalized spacial score (nSPS) is 11.3. The fourth-order valence-electron chi connectivity index (χ4n) is 2.37. The lowest BCUT2D eigenvalue weighted by molar-refractivity contribution is -0.142. The molecule has 0 fully saturated rings. The van der Waals surface area contributed by atoms with Gasteiger partial charge in [-0.1, -0.05) is 23.2 Å². The van der Waals surface area contributed by atoms with Gasteiger partial charge < -0.3 is 19.5 Å². The second-order valence-corrected chi connectivity index (χ2v) is 6.73. The number of benzene rings is 2. The van der Waals surface area contributed by atoms with Gasteiger partial charge in [0.25, 0.3) is 5.91 Å². The van der Waals surface area contributed by atoms with E-state index in [1.54, 1.807) is 6.07 Å². The number of esters is 1. The highest BCUT2D eigenvalue weighted by Crippen LogP contribution is 2.36. The van der Waals surface area contributed by atoms with E-state index in [1.807, 2.05) is 0 Å². The average molecular weight is 478 g/mol. The van der Waals surface area contributed by atoms with Crippen molar-refractivity contribution < 1.29 is 37.0 Å². The third-order valence-corrected chi connectivity index (χ3v) is 4.39. The summed E-state index contributed by atoms with van der Waals surface area (Å²) in [6.07, 6.45) is -2.19.